The number of anilines is 2. The number of aromatic nitrogens is 1. The minimum atomic E-state index is -0.183. The van der Waals surface area contributed by atoms with E-state index < -0.39 is 0 Å². The van der Waals surface area contributed by atoms with Gasteiger partial charge in [0, 0.05) is 12.2 Å². The van der Waals surface area contributed by atoms with Crippen LogP contribution in [0.1, 0.15) is 56.1 Å². The fourth-order valence-corrected chi connectivity index (χ4v) is 2.44. The van der Waals surface area contributed by atoms with Crippen molar-refractivity contribution >= 4 is 17.3 Å². The van der Waals surface area contributed by atoms with Gasteiger partial charge in [0.25, 0.3) is 5.91 Å². The molecule has 0 aliphatic heterocycles. The van der Waals surface area contributed by atoms with Gasteiger partial charge in [0.2, 0.25) is 0 Å². The highest BCUT2D eigenvalue weighted by Crippen LogP contribution is 2.24. The molecule has 1 aromatic heterocycles. The molecule has 0 aliphatic carbocycles. The van der Waals surface area contributed by atoms with E-state index in [9.17, 15) is 4.79 Å². The summed E-state index contributed by atoms with van der Waals surface area (Å²) in [5, 5.41) is 6.29. The van der Waals surface area contributed by atoms with E-state index in [0.717, 1.165) is 29.9 Å². The third-order valence-electron chi connectivity index (χ3n) is 3.88. The van der Waals surface area contributed by atoms with Gasteiger partial charge in [0.05, 0.1) is 11.9 Å². The smallest absolute Gasteiger partial charge is 0.274 e. The maximum Gasteiger partial charge on any atom is 0.274 e. The van der Waals surface area contributed by atoms with Gasteiger partial charge >= 0.3 is 0 Å². The number of hydrogen-bond donors (Lipinski definition) is 2. The molecule has 0 atom stereocenters. The first kappa shape index (κ1) is 18.0. The van der Waals surface area contributed by atoms with Crippen molar-refractivity contribution in [2.75, 3.05) is 17.2 Å². The van der Waals surface area contributed by atoms with Gasteiger partial charge in [-0.15, -0.1) is 0 Å². The lowest BCUT2D eigenvalue weighted by Gasteiger charge is -2.13. The van der Waals surface area contributed by atoms with Crippen molar-refractivity contribution in [3.63, 3.8) is 0 Å². The second kappa shape index (κ2) is 8.48. The van der Waals surface area contributed by atoms with Crippen LogP contribution in [0.2, 0.25) is 0 Å². The summed E-state index contributed by atoms with van der Waals surface area (Å²) in [7, 11) is 0. The Labute approximate surface area is 144 Å². The molecule has 2 aromatic rings. The number of rotatable bonds is 7. The maximum absolute atomic E-state index is 12.4. The average molecular weight is 325 g/mol. The number of nitrogens with zero attached hydrogens (tertiary/aromatic N) is 1. The summed E-state index contributed by atoms with van der Waals surface area (Å²) < 4.78 is 0. The molecule has 2 N–H and O–H groups in total. The lowest BCUT2D eigenvalue weighted by Crippen LogP contribution is -2.15. The van der Waals surface area contributed by atoms with Crippen molar-refractivity contribution < 1.29 is 4.79 Å². The van der Waals surface area contributed by atoms with Crippen LogP contribution in [0.15, 0.2) is 42.6 Å². The zero-order valence-electron chi connectivity index (χ0n) is 15.0. The molecule has 0 radical (unpaired) electrons. The lowest BCUT2D eigenvalue weighted by molar-refractivity contribution is 0.102. The van der Waals surface area contributed by atoms with E-state index in [-0.39, 0.29) is 5.91 Å². The van der Waals surface area contributed by atoms with Gasteiger partial charge in [0.15, 0.2) is 0 Å². The fraction of sp³-hybridized carbons (Fsp3) is 0.400. The van der Waals surface area contributed by atoms with Gasteiger partial charge in [-0.25, -0.2) is 4.98 Å². The summed E-state index contributed by atoms with van der Waals surface area (Å²) in [4.78, 5) is 16.7. The molecule has 1 aromatic carbocycles. The number of para-hydroxylation sites is 1. The Balaban J connectivity index is 2.00. The Kier molecular flexibility index (Phi) is 6.36. The maximum atomic E-state index is 12.4. The SMILES string of the molecule is CC(C)CCNc1ccc(C(=O)Nc2ccccc2C(C)C)nc1. The molecule has 2 rings (SSSR count). The quantitative estimate of drug-likeness (QED) is 0.760. The van der Waals surface area contributed by atoms with Crippen LogP contribution >= 0.6 is 0 Å². The zero-order chi connectivity index (χ0) is 17.5. The number of carbonyl (C=O) groups is 1. The van der Waals surface area contributed by atoms with E-state index in [0.29, 0.717) is 17.5 Å². The summed E-state index contributed by atoms with van der Waals surface area (Å²) in [6.07, 6.45) is 2.82. The molecular formula is C20H27N3O. The van der Waals surface area contributed by atoms with Gasteiger partial charge in [-0.2, -0.15) is 0 Å². The van der Waals surface area contributed by atoms with Crippen LogP contribution in [0.25, 0.3) is 0 Å². The third-order valence-corrected chi connectivity index (χ3v) is 3.88. The predicted octanol–water partition coefficient (Wildman–Crippen LogP) is 4.92. The van der Waals surface area contributed by atoms with Gasteiger partial charge in [0.1, 0.15) is 5.69 Å². The van der Waals surface area contributed by atoms with Gasteiger partial charge < -0.3 is 10.6 Å². The van der Waals surface area contributed by atoms with Crippen LogP contribution in [-0.2, 0) is 0 Å². The van der Waals surface area contributed by atoms with E-state index in [2.05, 4.69) is 43.3 Å². The van der Waals surface area contributed by atoms with Gasteiger partial charge in [-0.1, -0.05) is 45.9 Å². The summed E-state index contributed by atoms with van der Waals surface area (Å²) in [5.41, 5.74) is 3.33. The number of benzene rings is 1. The highest BCUT2D eigenvalue weighted by molar-refractivity contribution is 6.03. The molecule has 4 nitrogen and oxygen atoms in total. The average Bonchev–Trinajstić information content (AvgIpc) is 2.55. The molecule has 4 heteroatoms. The van der Waals surface area contributed by atoms with E-state index in [1.807, 2.05) is 30.3 Å². The minimum Gasteiger partial charge on any atom is -0.384 e. The minimum absolute atomic E-state index is 0.183. The molecule has 0 saturated heterocycles. The van der Waals surface area contributed by atoms with Crippen molar-refractivity contribution in [3.05, 3.63) is 53.9 Å². The molecule has 0 bridgehead atoms. The van der Waals surface area contributed by atoms with Crippen molar-refractivity contribution in [1.82, 2.24) is 4.98 Å². The molecular weight excluding hydrogens is 298 g/mol. The van der Waals surface area contributed by atoms with Gasteiger partial charge in [-0.05, 0) is 42.0 Å². The highest BCUT2D eigenvalue weighted by atomic mass is 16.1. The molecule has 24 heavy (non-hydrogen) atoms. The molecule has 128 valence electrons. The summed E-state index contributed by atoms with van der Waals surface area (Å²) >= 11 is 0. The monoisotopic (exact) mass is 325 g/mol. The van der Waals surface area contributed by atoms with Crippen molar-refractivity contribution in [1.29, 1.82) is 0 Å². The Bertz CT molecular complexity index is 663. The lowest BCUT2D eigenvalue weighted by atomic mass is 10.0. The van der Waals surface area contributed by atoms with E-state index in [4.69, 9.17) is 0 Å². The number of carbonyl (C=O) groups excluding carboxylic acids is 1. The fourth-order valence-electron chi connectivity index (χ4n) is 2.44. The van der Waals surface area contributed by atoms with Crippen molar-refractivity contribution in [3.8, 4) is 0 Å². The molecule has 0 fully saturated rings. The van der Waals surface area contributed by atoms with Gasteiger partial charge in [-0.3, -0.25) is 4.79 Å². The van der Waals surface area contributed by atoms with Crippen LogP contribution in [-0.4, -0.2) is 17.4 Å². The first-order valence-corrected chi connectivity index (χ1v) is 8.57. The summed E-state index contributed by atoms with van der Waals surface area (Å²) in [5.74, 6) is 0.829. The van der Waals surface area contributed by atoms with Crippen LogP contribution in [0.3, 0.4) is 0 Å². The largest absolute Gasteiger partial charge is 0.384 e. The van der Waals surface area contributed by atoms with Crippen LogP contribution < -0.4 is 10.6 Å². The van der Waals surface area contributed by atoms with Crippen LogP contribution in [0, 0.1) is 5.92 Å². The Morgan fingerprint density at radius 2 is 1.83 bits per heavy atom. The summed E-state index contributed by atoms with van der Waals surface area (Å²) in [6.45, 7) is 9.53. The molecule has 0 unspecified atom stereocenters. The summed E-state index contributed by atoms with van der Waals surface area (Å²) in [6, 6.07) is 11.5. The first-order chi connectivity index (χ1) is 11.5. The standard InChI is InChI=1S/C20H27N3O/c1-14(2)11-12-21-16-9-10-19(22-13-16)20(24)23-18-8-6-5-7-17(18)15(3)4/h5-10,13-15,21H,11-12H2,1-4H3,(H,23,24). The van der Waals surface area contributed by atoms with Crippen LogP contribution in [0.4, 0.5) is 11.4 Å². The molecule has 0 aliphatic rings. The second-order valence-corrected chi connectivity index (χ2v) is 6.74. The van der Waals surface area contributed by atoms with E-state index in [1.54, 1.807) is 12.3 Å². The van der Waals surface area contributed by atoms with Crippen LogP contribution in [0.5, 0.6) is 0 Å². The number of hydrogen-bond acceptors (Lipinski definition) is 3. The zero-order valence-corrected chi connectivity index (χ0v) is 15.0. The Morgan fingerprint density at radius 3 is 2.46 bits per heavy atom. The number of pyridine rings is 1. The van der Waals surface area contributed by atoms with Crippen molar-refractivity contribution in [2.45, 2.75) is 40.0 Å². The highest BCUT2D eigenvalue weighted by Gasteiger charge is 2.11. The van der Waals surface area contributed by atoms with E-state index >= 15 is 0 Å². The van der Waals surface area contributed by atoms with Crippen molar-refractivity contribution in [2.24, 2.45) is 5.92 Å². The topological polar surface area (TPSA) is 54.0 Å². The third kappa shape index (κ3) is 5.08. The first-order valence-electron chi connectivity index (χ1n) is 8.57. The molecule has 0 saturated carbocycles. The predicted molar refractivity (Wildman–Crippen MR) is 101 cm³/mol. The normalized spacial score (nSPS) is 10.9. The Morgan fingerprint density at radius 1 is 1.08 bits per heavy atom. The number of nitrogens with one attached hydrogen (secondary N) is 2. The molecule has 0 spiro atoms. The second-order valence-electron chi connectivity index (χ2n) is 6.74. The molecule has 1 amide bonds. The molecule has 1 heterocycles. The Hall–Kier alpha value is -2.36. The number of amides is 1. The van der Waals surface area contributed by atoms with E-state index in [1.165, 1.54) is 0 Å².